The maximum Gasteiger partial charge on any atom is 0.224 e. The Morgan fingerprint density at radius 1 is 0.931 bits per heavy atom. The van der Waals surface area contributed by atoms with Gasteiger partial charge in [0.15, 0.2) is 0 Å². The van der Waals surface area contributed by atoms with Gasteiger partial charge in [0.25, 0.3) is 0 Å². The van der Waals surface area contributed by atoms with Crippen molar-refractivity contribution in [1.29, 1.82) is 0 Å². The van der Waals surface area contributed by atoms with Gasteiger partial charge in [-0.3, -0.25) is 9.78 Å². The molecule has 1 N–H and O–H groups in total. The number of pyridine rings is 1. The zero-order chi connectivity index (χ0) is 19.9. The summed E-state index contributed by atoms with van der Waals surface area (Å²) in [7, 11) is 0. The molecule has 5 nitrogen and oxygen atoms in total. The van der Waals surface area contributed by atoms with E-state index in [9.17, 15) is 4.79 Å². The predicted molar refractivity (Wildman–Crippen MR) is 116 cm³/mol. The normalized spacial score (nSPS) is 13.9. The first-order valence-electron chi connectivity index (χ1n) is 10.0. The van der Waals surface area contributed by atoms with Crippen LogP contribution in [-0.2, 0) is 16.0 Å². The number of carbonyl (C=O) groups is 1. The summed E-state index contributed by atoms with van der Waals surface area (Å²) in [6, 6.07) is 20.2. The van der Waals surface area contributed by atoms with Gasteiger partial charge >= 0.3 is 0 Å². The fourth-order valence-corrected chi connectivity index (χ4v) is 3.60. The average molecular weight is 387 g/mol. The van der Waals surface area contributed by atoms with Crippen LogP contribution in [0.3, 0.4) is 0 Å². The summed E-state index contributed by atoms with van der Waals surface area (Å²) in [4.78, 5) is 18.9. The Morgan fingerprint density at radius 3 is 2.38 bits per heavy atom. The molecule has 148 valence electrons. The highest BCUT2D eigenvalue weighted by atomic mass is 16.5. The number of benzene rings is 2. The van der Waals surface area contributed by atoms with Gasteiger partial charge in [-0.2, -0.15) is 0 Å². The number of morpholine rings is 1. The summed E-state index contributed by atoms with van der Waals surface area (Å²) in [6.07, 6.45) is 4.72. The summed E-state index contributed by atoms with van der Waals surface area (Å²) in [5, 5.41) is 3.00. The molecule has 4 rings (SSSR count). The summed E-state index contributed by atoms with van der Waals surface area (Å²) in [6.45, 7) is 3.30. The van der Waals surface area contributed by atoms with Crippen LogP contribution in [0.15, 0.2) is 73.1 Å². The van der Waals surface area contributed by atoms with Crippen LogP contribution in [0.4, 0.5) is 11.4 Å². The van der Waals surface area contributed by atoms with Crippen LogP contribution >= 0.6 is 0 Å². The molecule has 0 radical (unpaired) electrons. The van der Waals surface area contributed by atoms with Crippen LogP contribution in [-0.4, -0.2) is 37.2 Å². The van der Waals surface area contributed by atoms with Crippen molar-refractivity contribution >= 4 is 17.3 Å². The molecular formula is C24H25N3O2. The molecule has 5 heteroatoms. The summed E-state index contributed by atoms with van der Waals surface area (Å²) < 4.78 is 5.45. The number of nitrogens with zero attached hydrogens (tertiary/aromatic N) is 2. The maximum absolute atomic E-state index is 12.5. The molecule has 1 aliphatic rings. The number of amides is 1. The molecule has 2 heterocycles. The van der Waals surface area contributed by atoms with Crippen LogP contribution in [0.1, 0.15) is 12.0 Å². The van der Waals surface area contributed by atoms with Gasteiger partial charge < -0.3 is 15.0 Å². The fraction of sp³-hybridized carbons (Fsp3) is 0.250. The number of hydrogen-bond donors (Lipinski definition) is 1. The first kappa shape index (κ1) is 19.2. The minimum atomic E-state index is 0.0263. The van der Waals surface area contributed by atoms with Crippen LogP contribution in [0.25, 0.3) is 11.1 Å². The quantitative estimate of drug-likeness (QED) is 0.690. The molecular weight excluding hydrogens is 362 g/mol. The number of nitrogens with one attached hydrogen (secondary N) is 1. The van der Waals surface area contributed by atoms with Crippen molar-refractivity contribution in [3.8, 4) is 11.1 Å². The van der Waals surface area contributed by atoms with Gasteiger partial charge in [0.1, 0.15) is 0 Å². The monoisotopic (exact) mass is 387 g/mol. The van der Waals surface area contributed by atoms with E-state index in [0.29, 0.717) is 12.8 Å². The van der Waals surface area contributed by atoms with Gasteiger partial charge in [0, 0.05) is 43.3 Å². The number of ether oxygens (including phenoxy) is 1. The molecule has 1 aromatic heterocycles. The highest BCUT2D eigenvalue weighted by Gasteiger charge is 2.15. The number of aromatic nitrogens is 1. The van der Waals surface area contributed by atoms with Crippen molar-refractivity contribution in [2.45, 2.75) is 12.8 Å². The second-order valence-corrected chi connectivity index (χ2v) is 7.09. The standard InChI is InChI=1S/C24H25N3O2/c28-24(26-22-8-5-19(6-9-22)20-11-13-25-14-12-20)10-7-21-3-1-2-4-23(21)27-15-17-29-18-16-27/h1-6,8-9,11-14H,7,10,15-18H2,(H,26,28). The van der Waals surface area contributed by atoms with Crippen molar-refractivity contribution in [2.75, 3.05) is 36.5 Å². The Balaban J connectivity index is 1.35. The molecule has 0 saturated carbocycles. The molecule has 1 amide bonds. The molecule has 0 unspecified atom stereocenters. The zero-order valence-corrected chi connectivity index (χ0v) is 16.4. The maximum atomic E-state index is 12.5. The van der Waals surface area contributed by atoms with Crippen molar-refractivity contribution in [3.63, 3.8) is 0 Å². The molecule has 29 heavy (non-hydrogen) atoms. The Morgan fingerprint density at radius 2 is 1.62 bits per heavy atom. The molecule has 2 aromatic carbocycles. The van der Waals surface area contributed by atoms with Crippen molar-refractivity contribution in [1.82, 2.24) is 4.98 Å². The Hall–Kier alpha value is -3.18. The second kappa shape index (κ2) is 9.34. The van der Waals surface area contributed by atoms with Crippen LogP contribution in [0, 0.1) is 0 Å². The highest BCUT2D eigenvalue weighted by molar-refractivity contribution is 5.91. The largest absolute Gasteiger partial charge is 0.378 e. The van der Waals surface area contributed by atoms with Gasteiger partial charge in [-0.1, -0.05) is 30.3 Å². The van der Waals surface area contributed by atoms with Crippen molar-refractivity contribution in [3.05, 3.63) is 78.6 Å². The summed E-state index contributed by atoms with van der Waals surface area (Å²) >= 11 is 0. The third-order valence-corrected chi connectivity index (χ3v) is 5.15. The molecule has 1 aliphatic heterocycles. The number of hydrogen-bond acceptors (Lipinski definition) is 4. The Labute approximate surface area is 171 Å². The highest BCUT2D eigenvalue weighted by Crippen LogP contribution is 2.24. The van der Waals surface area contributed by atoms with E-state index in [1.54, 1.807) is 12.4 Å². The average Bonchev–Trinajstić information content (AvgIpc) is 2.80. The van der Waals surface area contributed by atoms with Crippen LogP contribution in [0.2, 0.25) is 0 Å². The lowest BCUT2D eigenvalue weighted by molar-refractivity contribution is -0.116. The predicted octanol–water partition coefficient (Wildman–Crippen LogP) is 4.16. The first-order chi connectivity index (χ1) is 14.3. The number of aryl methyl sites for hydroxylation is 1. The topological polar surface area (TPSA) is 54.5 Å². The van der Waals surface area contributed by atoms with Crippen molar-refractivity contribution in [2.24, 2.45) is 0 Å². The Bertz CT molecular complexity index is 936. The van der Waals surface area contributed by atoms with E-state index in [4.69, 9.17) is 4.74 Å². The minimum Gasteiger partial charge on any atom is -0.378 e. The van der Waals surface area contributed by atoms with E-state index < -0.39 is 0 Å². The SMILES string of the molecule is O=C(CCc1ccccc1N1CCOCC1)Nc1ccc(-c2ccncc2)cc1. The van der Waals surface area contributed by atoms with Gasteiger partial charge in [0.05, 0.1) is 13.2 Å². The molecule has 0 atom stereocenters. The van der Waals surface area contributed by atoms with E-state index in [1.807, 2.05) is 42.5 Å². The van der Waals surface area contributed by atoms with E-state index in [1.165, 1.54) is 11.3 Å². The van der Waals surface area contributed by atoms with Crippen LogP contribution < -0.4 is 10.2 Å². The number of para-hydroxylation sites is 1. The number of carbonyl (C=O) groups excluding carboxylic acids is 1. The van der Waals surface area contributed by atoms with Crippen LogP contribution in [0.5, 0.6) is 0 Å². The molecule has 1 fully saturated rings. The fourth-order valence-electron chi connectivity index (χ4n) is 3.60. The first-order valence-corrected chi connectivity index (χ1v) is 10.0. The molecule has 0 bridgehead atoms. The van der Waals surface area contributed by atoms with Crippen molar-refractivity contribution < 1.29 is 9.53 Å². The Kier molecular flexibility index (Phi) is 6.17. The smallest absolute Gasteiger partial charge is 0.224 e. The van der Waals surface area contributed by atoms with E-state index in [-0.39, 0.29) is 5.91 Å². The minimum absolute atomic E-state index is 0.0263. The number of rotatable bonds is 6. The van der Waals surface area contributed by atoms with Gasteiger partial charge in [-0.15, -0.1) is 0 Å². The summed E-state index contributed by atoms with van der Waals surface area (Å²) in [5.74, 6) is 0.0263. The lowest BCUT2D eigenvalue weighted by atomic mass is 10.1. The lowest BCUT2D eigenvalue weighted by Crippen LogP contribution is -2.36. The van der Waals surface area contributed by atoms with E-state index in [0.717, 1.165) is 43.1 Å². The van der Waals surface area contributed by atoms with Gasteiger partial charge in [-0.25, -0.2) is 0 Å². The van der Waals surface area contributed by atoms with E-state index in [2.05, 4.69) is 33.4 Å². The number of anilines is 2. The molecule has 1 saturated heterocycles. The van der Waals surface area contributed by atoms with Gasteiger partial charge in [0.2, 0.25) is 5.91 Å². The van der Waals surface area contributed by atoms with E-state index >= 15 is 0 Å². The third kappa shape index (κ3) is 5.00. The van der Waals surface area contributed by atoms with Gasteiger partial charge in [-0.05, 0) is 53.4 Å². The molecule has 0 spiro atoms. The third-order valence-electron chi connectivity index (χ3n) is 5.15. The molecule has 3 aromatic rings. The zero-order valence-electron chi connectivity index (χ0n) is 16.4. The summed E-state index contributed by atoms with van der Waals surface area (Å²) in [5.41, 5.74) is 5.44. The lowest BCUT2D eigenvalue weighted by Gasteiger charge is -2.30. The molecule has 0 aliphatic carbocycles. The second-order valence-electron chi connectivity index (χ2n) is 7.09.